The van der Waals surface area contributed by atoms with E-state index in [9.17, 15) is 10.1 Å². The Morgan fingerprint density at radius 3 is 2.56 bits per heavy atom. The van der Waals surface area contributed by atoms with Crippen LogP contribution in [0.1, 0.15) is 13.3 Å². The van der Waals surface area contributed by atoms with Gasteiger partial charge in [0.2, 0.25) is 0 Å². The van der Waals surface area contributed by atoms with E-state index >= 15 is 0 Å². The summed E-state index contributed by atoms with van der Waals surface area (Å²) in [5, 5.41) is 10.1. The maximum atomic E-state index is 10.1. The van der Waals surface area contributed by atoms with Gasteiger partial charge in [-0.2, -0.15) is 0 Å². The van der Waals surface area contributed by atoms with Crippen LogP contribution in [0.4, 0.5) is 0 Å². The van der Waals surface area contributed by atoms with E-state index in [1.54, 1.807) is 0 Å². The molecule has 0 aromatic rings. The second kappa shape index (κ2) is 2.96. The van der Waals surface area contributed by atoms with Gasteiger partial charge >= 0.3 is 0 Å². The van der Waals surface area contributed by atoms with Crippen molar-refractivity contribution in [3.05, 3.63) is 22.8 Å². The molecule has 0 aliphatic carbocycles. The van der Waals surface area contributed by atoms with E-state index in [1.807, 2.05) is 0 Å². The fourth-order valence-electron chi connectivity index (χ4n) is 0.338. The molecule has 0 saturated heterocycles. The largest absolute Gasteiger partial charge is 0.275 e. The third-order valence-electron chi connectivity index (χ3n) is 0.898. The van der Waals surface area contributed by atoms with Crippen molar-refractivity contribution in [2.45, 2.75) is 17.8 Å². The van der Waals surface area contributed by atoms with Gasteiger partial charge in [-0.3, -0.25) is 10.1 Å². The predicted octanol–water partition coefficient (Wildman–Crippen LogP) is 1.95. The van der Waals surface area contributed by atoms with E-state index < -0.39 is 4.45 Å². The Bertz CT molecular complexity index is 133. The molecule has 0 aromatic carbocycles. The van der Waals surface area contributed by atoms with E-state index in [0.717, 1.165) is 0 Å². The topological polar surface area (TPSA) is 43.1 Å². The van der Waals surface area contributed by atoms with Crippen LogP contribution in [0, 0.1) is 10.1 Å². The van der Waals surface area contributed by atoms with Crippen LogP contribution >= 0.6 is 15.9 Å². The lowest BCUT2D eigenvalue weighted by Gasteiger charge is -2.09. The van der Waals surface area contributed by atoms with Crippen molar-refractivity contribution in [2.24, 2.45) is 0 Å². The van der Waals surface area contributed by atoms with Gasteiger partial charge in [0.05, 0.1) is 0 Å². The lowest BCUT2D eigenvalue weighted by Crippen LogP contribution is -2.25. The molecule has 0 amide bonds. The monoisotopic (exact) mass is 193 g/mol. The summed E-state index contributed by atoms with van der Waals surface area (Å²) in [6, 6.07) is 0. The first-order valence-corrected chi connectivity index (χ1v) is 3.24. The van der Waals surface area contributed by atoms with E-state index in [2.05, 4.69) is 22.5 Å². The summed E-state index contributed by atoms with van der Waals surface area (Å²) in [6.07, 6.45) is 1.84. The summed E-state index contributed by atoms with van der Waals surface area (Å²) in [5.41, 5.74) is 0. The molecule has 0 saturated carbocycles. The van der Waals surface area contributed by atoms with Crippen molar-refractivity contribution in [3.63, 3.8) is 0 Å². The van der Waals surface area contributed by atoms with Crippen molar-refractivity contribution >= 4 is 15.9 Å². The highest BCUT2D eigenvalue weighted by Gasteiger charge is 2.30. The molecule has 9 heavy (non-hydrogen) atoms. The molecule has 4 heteroatoms. The molecule has 0 aromatic heterocycles. The molecule has 0 N–H and O–H groups in total. The van der Waals surface area contributed by atoms with Crippen LogP contribution in [0.15, 0.2) is 12.7 Å². The molecule has 1 atom stereocenters. The summed E-state index contributed by atoms with van der Waals surface area (Å²) < 4.78 is -1.03. The number of nitrogens with zero attached hydrogens (tertiary/aromatic N) is 1. The third-order valence-corrected chi connectivity index (χ3v) is 1.51. The number of hydrogen-bond donors (Lipinski definition) is 0. The van der Waals surface area contributed by atoms with Gasteiger partial charge in [-0.1, -0.05) is 6.08 Å². The minimum atomic E-state index is -1.03. The molecule has 1 unspecified atom stereocenters. The second-order valence-corrected chi connectivity index (χ2v) is 3.60. The van der Waals surface area contributed by atoms with E-state index in [1.165, 1.54) is 13.0 Å². The molecule has 0 aliphatic rings. The third kappa shape index (κ3) is 2.60. The van der Waals surface area contributed by atoms with Crippen LogP contribution < -0.4 is 0 Å². The first kappa shape index (κ1) is 8.62. The predicted molar refractivity (Wildman–Crippen MR) is 39.1 cm³/mol. The van der Waals surface area contributed by atoms with Gasteiger partial charge in [0.15, 0.2) is 0 Å². The molecule has 52 valence electrons. The summed E-state index contributed by atoms with van der Waals surface area (Å²) >= 11 is 2.94. The lowest BCUT2D eigenvalue weighted by atomic mass is 10.2. The van der Waals surface area contributed by atoms with Crippen molar-refractivity contribution in [2.75, 3.05) is 0 Å². The van der Waals surface area contributed by atoms with Crippen LogP contribution in [0.25, 0.3) is 0 Å². The summed E-state index contributed by atoms with van der Waals surface area (Å²) in [4.78, 5) is 9.74. The van der Waals surface area contributed by atoms with Gasteiger partial charge in [-0.15, -0.1) is 6.58 Å². The number of nitro groups is 1. The molecule has 0 aliphatic heterocycles. The molecule has 0 rings (SSSR count). The number of halogens is 1. The van der Waals surface area contributed by atoms with Gasteiger partial charge in [0, 0.05) is 34.2 Å². The van der Waals surface area contributed by atoms with Crippen LogP contribution in [0.2, 0.25) is 0 Å². The Morgan fingerprint density at radius 2 is 2.44 bits per heavy atom. The van der Waals surface area contributed by atoms with E-state index in [4.69, 9.17) is 0 Å². The van der Waals surface area contributed by atoms with Gasteiger partial charge < -0.3 is 0 Å². The number of alkyl halides is 1. The summed E-state index contributed by atoms with van der Waals surface area (Å²) in [7, 11) is 0. The maximum absolute atomic E-state index is 10.1. The quantitative estimate of drug-likeness (QED) is 0.226. The molecule has 3 nitrogen and oxygen atoms in total. The minimum Gasteiger partial charge on any atom is -0.263 e. The van der Waals surface area contributed by atoms with Crippen molar-refractivity contribution in [1.82, 2.24) is 0 Å². The van der Waals surface area contributed by atoms with Crippen LogP contribution in [0.3, 0.4) is 0 Å². The van der Waals surface area contributed by atoms with E-state index in [0.29, 0.717) is 6.42 Å². The highest BCUT2D eigenvalue weighted by Crippen LogP contribution is 2.21. The Kier molecular flexibility index (Phi) is 2.84. The second-order valence-electron chi connectivity index (χ2n) is 1.89. The van der Waals surface area contributed by atoms with Crippen LogP contribution in [-0.4, -0.2) is 9.37 Å². The first-order valence-electron chi connectivity index (χ1n) is 2.45. The van der Waals surface area contributed by atoms with Gasteiger partial charge in [-0.25, -0.2) is 0 Å². The summed E-state index contributed by atoms with van der Waals surface area (Å²) in [5.74, 6) is 0. The van der Waals surface area contributed by atoms with Gasteiger partial charge in [0.1, 0.15) is 0 Å². The van der Waals surface area contributed by atoms with Gasteiger partial charge in [0.25, 0.3) is 4.45 Å². The highest BCUT2D eigenvalue weighted by molar-refractivity contribution is 9.10. The summed E-state index contributed by atoms with van der Waals surface area (Å²) in [6.45, 7) is 4.89. The van der Waals surface area contributed by atoms with Crippen molar-refractivity contribution in [1.29, 1.82) is 0 Å². The minimum absolute atomic E-state index is 0.333. The Hall–Kier alpha value is -0.380. The molecular weight excluding hydrogens is 186 g/mol. The SMILES string of the molecule is C=CCC(C)(Br)[N+](=O)[O-]. The van der Waals surface area contributed by atoms with Gasteiger partial charge in [-0.05, 0) is 0 Å². The fraction of sp³-hybridized carbons (Fsp3) is 0.600. The molecular formula is C5H8BrNO2. The number of hydrogen-bond acceptors (Lipinski definition) is 2. The number of rotatable bonds is 3. The lowest BCUT2D eigenvalue weighted by molar-refractivity contribution is -0.529. The molecule has 0 spiro atoms. The zero-order chi connectivity index (χ0) is 7.49. The standard InChI is InChI=1S/C5H8BrNO2/c1-3-4-5(2,6)7(8)9/h3H,1,4H2,2H3. The van der Waals surface area contributed by atoms with E-state index in [-0.39, 0.29) is 4.92 Å². The average molecular weight is 194 g/mol. The smallest absolute Gasteiger partial charge is 0.263 e. The Labute approximate surface area is 62.0 Å². The molecule has 0 radical (unpaired) electrons. The zero-order valence-corrected chi connectivity index (χ0v) is 6.72. The normalized spacial score (nSPS) is 16.2. The average Bonchev–Trinajstić information content (AvgIpc) is 1.65. The van der Waals surface area contributed by atoms with Crippen LogP contribution in [-0.2, 0) is 0 Å². The molecule has 0 heterocycles. The van der Waals surface area contributed by atoms with Crippen molar-refractivity contribution < 1.29 is 4.92 Å². The Morgan fingerprint density at radius 1 is 2.00 bits per heavy atom. The molecule has 0 fully saturated rings. The maximum Gasteiger partial charge on any atom is 0.275 e. The fourth-order valence-corrected chi connectivity index (χ4v) is 0.567. The first-order chi connectivity index (χ1) is 4.00. The van der Waals surface area contributed by atoms with Crippen LogP contribution in [0.5, 0.6) is 0 Å². The molecule has 0 bridgehead atoms. The zero-order valence-electron chi connectivity index (χ0n) is 5.13. The Balaban J connectivity index is 4.00. The highest BCUT2D eigenvalue weighted by atomic mass is 79.9. The van der Waals surface area contributed by atoms with Crippen molar-refractivity contribution in [3.8, 4) is 0 Å².